The third-order valence-electron chi connectivity index (χ3n) is 5.68. The summed E-state index contributed by atoms with van der Waals surface area (Å²) in [6, 6.07) is 24.5. The first-order valence-electron chi connectivity index (χ1n) is 10.9. The Kier molecular flexibility index (Phi) is 5.95. The SMILES string of the molecule is Cc1ccc(Cn2cc(/C=N\NC(=O)c3ccc(C(C)(C)C)cc3)c3ccccc32)cc1. The molecule has 1 amide bonds. The minimum Gasteiger partial charge on any atom is -0.342 e. The van der Waals surface area contributed by atoms with Crippen LogP contribution in [0.25, 0.3) is 10.9 Å². The van der Waals surface area contributed by atoms with E-state index in [9.17, 15) is 4.79 Å². The fraction of sp³-hybridized carbons (Fsp3) is 0.214. The van der Waals surface area contributed by atoms with Gasteiger partial charge in [0.1, 0.15) is 0 Å². The number of benzene rings is 3. The van der Waals surface area contributed by atoms with Gasteiger partial charge in [0.25, 0.3) is 5.91 Å². The Morgan fingerprint density at radius 2 is 1.66 bits per heavy atom. The number of hydrazone groups is 1. The molecule has 1 heterocycles. The van der Waals surface area contributed by atoms with Crippen molar-refractivity contribution in [3.63, 3.8) is 0 Å². The van der Waals surface area contributed by atoms with Crippen molar-refractivity contribution in [2.45, 2.75) is 39.7 Å². The van der Waals surface area contributed by atoms with Gasteiger partial charge in [-0.3, -0.25) is 4.79 Å². The molecule has 1 aromatic heterocycles. The lowest BCUT2D eigenvalue weighted by atomic mass is 9.87. The lowest BCUT2D eigenvalue weighted by Crippen LogP contribution is -2.18. The van der Waals surface area contributed by atoms with Crippen LogP contribution in [0.1, 0.15) is 53.4 Å². The van der Waals surface area contributed by atoms with Crippen molar-refractivity contribution in [1.82, 2.24) is 9.99 Å². The molecule has 0 bridgehead atoms. The standard InChI is InChI=1S/C28H29N3O/c1-20-9-11-21(12-10-20)18-31-19-23(25-7-5-6-8-26(25)31)17-29-30-27(32)22-13-15-24(16-14-22)28(2,3)4/h5-17,19H,18H2,1-4H3,(H,30,32)/b29-17-. The van der Waals surface area contributed by atoms with Crippen LogP contribution in [0.15, 0.2) is 84.1 Å². The summed E-state index contributed by atoms with van der Waals surface area (Å²) in [6.45, 7) is 9.34. The van der Waals surface area contributed by atoms with Crippen LogP contribution in [0.5, 0.6) is 0 Å². The molecule has 0 radical (unpaired) electrons. The maximum Gasteiger partial charge on any atom is 0.271 e. The van der Waals surface area contributed by atoms with Crippen molar-refractivity contribution < 1.29 is 4.79 Å². The molecule has 0 unspecified atom stereocenters. The highest BCUT2D eigenvalue weighted by Crippen LogP contribution is 2.23. The number of carbonyl (C=O) groups excluding carboxylic acids is 1. The third-order valence-corrected chi connectivity index (χ3v) is 5.68. The summed E-state index contributed by atoms with van der Waals surface area (Å²) >= 11 is 0. The zero-order valence-corrected chi connectivity index (χ0v) is 19.1. The zero-order valence-electron chi connectivity index (χ0n) is 19.1. The van der Waals surface area contributed by atoms with Gasteiger partial charge >= 0.3 is 0 Å². The second-order valence-corrected chi connectivity index (χ2v) is 9.24. The summed E-state index contributed by atoms with van der Waals surface area (Å²) in [4.78, 5) is 12.5. The number of hydrogen-bond acceptors (Lipinski definition) is 2. The Morgan fingerprint density at radius 3 is 2.34 bits per heavy atom. The van der Waals surface area contributed by atoms with Crippen LogP contribution in [0.4, 0.5) is 0 Å². The number of nitrogens with zero attached hydrogens (tertiary/aromatic N) is 2. The summed E-state index contributed by atoms with van der Waals surface area (Å²) in [5.41, 5.74) is 9.10. The number of fused-ring (bicyclic) bond motifs is 1. The molecule has 4 rings (SSSR count). The number of amides is 1. The van der Waals surface area contributed by atoms with Gasteiger partial charge in [-0.05, 0) is 41.7 Å². The molecule has 0 spiro atoms. The summed E-state index contributed by atoms with van der Waals surface area (Å²) < 4.78 is 2.22. The van der Waals surface area contributed by atoms with Crippen LogP contribution in [0.3, 0.4) is 0 Å². The Labute approximate surface area is 189 Å². The molecule has 0 saturated heterocycles. The first-order valence-corrected chi connectivity index (χ1v) is 10.9. The maximum absolute atomic E-state index is 12.5. The van der Waals surface area contributed by atoms with Gasteiger partial charge < -0.3 is 4.57 Å². The Hall–Kier alpha value is -3.66. The zero-order chi connectivity index (χ0) is 22.7. The lowest BCUT2D eigenvalue weighted by Gasteiger charge is -2.18. The molecule has 0 aliphatic heterocycles. The minimum absolute atomic E-state index is 0.0555. The molecule has 1 N–H and O–H groups in total. The molecule has 0 atom stereocenters. The van der Waals surface area contributed by atoms with Gasteiger partial charge in [0.15, 0.2) is 0 Å². The van der Waals surface area contributed by atoms with E-state index in [1.807, 2.05) is 36.4 Å². The topological polar surface area (TPSA) is 46.4 Å². The van der Waals surface area contributed by atoms with E-state index in [0.717, 1.165) is 23.0 Å². The largest absolute Gasteiger partial charge is 0.342 e. The van der Waals surface area contributed by atoms with E-state index in [4.69, 9.17) is 0 Å². The first-order chi connectivity index (χ1) is 15.3. The molecule has 0 fully saturated rings. The molecule has 162 valence electrons. The molecule has 4 heteroatoms. The van der Waals surface area contributed by atoms with Crippen molar-refractivity contribution in [1.29, 1.82) is 0 Å². The van der Waals surface area contributed by atoms with Gasteiger partial charge in [0, 0.05) is 34.8 Å². The Balaban J connectivity index is 1.51. The number of carbonyl (C=O) groups is 1. The number of aryl methyl sites for hydroxylation is 1. The molecule has 4 aromatic rings. The highest BCUT2D eigenvalue weighted by atomic mass is 16.2. The van der Waals surface area contributed by atoms with E-state index in [-0.39, 0.29) is 11.3 Å². The number of aromatic nitrogens is 1. The lowest BCUT2D eigenvalue weighted by molar-refractivity contribution is 0.0955. The predicted molar refractivity (Wildman–Crippen MR) is 132 cm³/mol. The molecule has 3 aromatic carbocycles. The third kappa shape index (κ3) is 4.80. The van der Waals surface area contributed by atoms with Gasteiger partial charge in [0.2, 0.25) is 0 Å². The molecular weight excluding hydrogens is 394 g/mol. The van der Waals surface area contributed by atoms with Gasteiger partial charge in [-0.25, -0.2) is 5.43 Å². The Bertz CT molecular complexity index is 1260. The monoisotopic (exact) mass is 423 g/mol. The van der Waals surface area contributed by atoms with Gasteiger partial charge in [-0.15, -0.1) is 0 Å². The van der Waals surface area contributed by atoms with E-state index in [2.05, 4.69) is 85.4 Å². The maximum atomic E-state index is 12.5. The van der Waals surface area contributed by atoms with E-state index in [1.54, 1.807) is 6.21 Å². The van der Waals surface area contributed by atoms with Gasteiger partial charge in [-0.2, -0.15) is 5.10 Å². The normalized spacial score (nSPS) is 11.9. The molecule has 0 aliphatic rings. The Morgan fingerprint density at radius 1 is 0.969 bits per heavy atom. The average Bonchev–Trinajstić information content (AvgIpc) is 3.12. The van der Waals surface area contributed by atoms with Crippen molar-refractivity contribution in [2.75, 3.05) is 0 Å². The van der Waals surface area contributed by atoms with Crippen LogP contribution < -0.4 is 5.43 Å². The van der Waals surface area contributed by atoms with Crippen LogP contribution in [-0.2, 0) is 12.0 Å². The van der Waals surface area contributed by atoms with Crippen LogP contribution >= 0.6 is 0 Å². The quantitative estimate of drug-likeness (QED) is 0.308. The van der Waals surface area contributed by atoms with Crippen molar-refractivity contribution in [3.05, 3.63) is 107 Å². The number of hydrogen-bond donors (Lipinski definition) is 1. The van der Waals surface area contributed by atoms with E-state index in [0.29, 0.717) is 5.56 Å². The smallest absolute Gasteiger partial charge is 0.271 e. The van der Waals surface area contributed by atoms with Crippen LogP contribution in [0.2, 0.25) is 0 Å². The second kappa shape index (κ2) is 8.83. The predicted octanol–water partition coefficient (Wildman–Crippen LogP) is 6.06. The highest BCUT2D eigenvalue weighted by molar-refractivity contribution is 6.00. The summed E-state index contributed by atoms with van der Waals surface area (Å²) in [5.74, 6) is -0.217. The fourth-order valence-corrected chi connectivity index (χ4v) is 3.75. The molecule has 0 saturated carbocycles. The van der Waals surface area contributed by atoms with Gasteiger partial charge in [0.05, 0.1) is 6.21 Å². The fourth-order valence-electron chi connectivity index (χ4n) is 3.75. The van der Waals surface area contributed by atoms with E-state index < -0.39 is 0 Å². The number of para-hydroxylation sites is 1. The minimum atomic E-state index is -0.217. The molecule has 0 aliphatic carbocycles. The molecule has 4 nitrogen and oxygen atoms in total. The highest BCUT2D eigenvalue weighted by Gasteiger charge is 2.14. The molecular formula is C28H29N3O. The van der Waals surface area contributed by atoms with Crippen molar-refractivity contribution in [2.24, 2.45) is 5.10 Å². The van der Waals surface area contributed by atoms with Crippen molar-refractivity contribution in [3.8, 4) is 0 Å². The van der Waals surface area contributed by atoms with Crippen LogP contribution in [-0.4, -0.2) is 16.7 Å². The average molecular weight is 424 g/mol. The molecule has 32 heavy (non-hydrogen) atoms. The van der Waals surface area contributed by atoms with Crippen LogP contribution in [0, 0.1) is 6.92 Å². The van der Waals surface area contributed by atoms with Crippen molar-refractivity contribution >= 4 is 23.0 Å². The van der Waals surface area contributed by atoms with Gasteiger partial charge in [-0.1, -0.05) is 80.9 Å². The number of rotatable bonds is 5. The first kappa shape index (κ1) is 21.6. The van der Waals surface area contributed by atoms with E-state index >= 15 is 0 Å². The summed E-state index contributed by atoms with van der Waals surface area (Å²) in [7, 11) is 0. The summed E-state index contributed by atoms with van der Waals surface area (Å²) in [5, 5.41) is 5.34. The summed E-state index contributed by atoms with van der Waals surface area (Å²) in [6.07, 6.45) is 3.80. The second-order valence-electron chi connectivity index (χ2n) is 9.24. The number of nitrogens with one attached hydrogen (secondary N) is 1. The van der Waals surface area contributed by atoms with E-state index in [1.165, 1.54) is 16.7 Å².